The largest absolute Gasteiger partial charge is 0.352 e. The number of guanidine groups is 1. The number of rotatable bonds is 7. The van der Waals surface area contributed by atoms with Gasteiger partial charge < -0.3 is 10.2 Å². The Balaban J connectivity index is 0.00000392. The molecule has 0 unspecified atom stereocenters. The summed E-state index contributed by atoms with van der Waals surface area (Å²) in [6.07, 6.45) is 0. The van der Waals surface area contributed by atoms with Gasteiger partial charge in [0, 0.05) is 27.2 Å². The molecule has 2 aromatic rings. The fourth-order valence-electron chi connectivity index (χ4n) is 2.80. The first-order chi connectivity index (χ1) is 12.8. The number of hydrogen-bond acceptors (Lipinski definition) is 3. The van der Waals surface area contributed by atoms with Gasteiger partial charge in [-0.1, -0.05) is 48.5 Å². The predicted molar refractivity (Wildman–Crippen MR) is 126 cm³/mol. The summed E-state index contributed by atoms with van der Waals surface area (Å²) < 4.78 is 25.8. The van der Waals surface area contributed by atoms with E-state index in [1.54, 1.807) is 7.05 Å². The molecule has 0 aliphatic carbocycles. The molecular weight excluding hydrogens is 487 g/mol. The average Bonchev–Trinajstić information content (AvgIpc) is 2.64. The molecule has 0 fully saturated rings. The Kier molecular flexibility index (Phi) is 9.91. The lowest BCUT2D eigenvalue weighted by molar-refractivity contribution is 0.475. The maximum Gasteiger partial charge on any atom is 0.215 e. The minimum Gasteiger partial charge on any atom is -0.352 e. The monoisotopic (exact) mass is 516 g/mol. The Morgan fingerprint density at radius 2 is 1.79 bits per heavy atom. The smallest absolute Gasteiger partial charge is 0.215 e. The van der Waals surface area contributed by atoms with Crippen molar-refractivity contribution in [3.05, 3.63) is 70.8 Å². The van der Waals surface area contributed by atoms with Crippen LogP contribution in [0.2, 0.25) is 0 Å². The van der Waals surface area contributed by atoms with Crippen LogP contribution in [0.1, 0.15) is 22.3 Å². The van der Waals surface area contributed by atoms with Crippen molar-refractivity contribution < 1.29 is 8.42 Å². The Morgan fingerprint density at radius 1 is 1.11 bits per heavy atom. The standard InChI is InChI=1S/C20H28N4O2S.HI/c1-16-8-5-6-11-19(16)14-24(4)20(21-2)23-13-17-9-7-10-18(12-17)15-27(25,26)22-3;/h5-12,22H,13-15H2,1-4H3,(H,21,23);1H. The molecule has 0 atom stereocenters. The molecule has 0 aliphatic heterocycles. The van der Waals surface area contributed by atoms with Gasteiger partial charge >= 0.3 is 0 Å². The number of aryl methyl sites for hydroxylation is 1. The highest BCUT2D eigenvalue weighted by Crippen LogP contribution is 2.11. The Bertz CT molecular complexity index is 901. The zero-order chi connectivity index (χ0) is 19.9. The Hall–Kier alpha value is -1.65. The summed E-state index contributed by atoms with van der Waals surface area (Å²) in [6, 6.07) is 15.8. The second-order valence-electron chi connectivity index (χ2n) is 6.47. The number of nitrogens with one attached hydrogen (secondary N) is 2. The highest BCUT2D eigenvalue weighted by molar-refractivity contribution is 14.0. The van der Waals surface area contributed by atoms with Crippen LogP contribution in [0, 0.1) is 6.92 Å². The molecule has 2 N–H and O–H groups in total. The van der Waals surface area contributed by atoms with Gasteiger partial charge in [0.2, 0.25) is 10.0 Å². The number of sulfonamides is 1. The van der Waals surface area contributed by atoms with Gasteiger partial charge in [-0.05, 0) is 36.2 Å². The fourth-order valence-corrected chi connectivity index (χ4v) is 3.57. The summed E-state index contributed by atoms with van der Waals surface area (Å²) in [6.45, 7) is 3.43. The third kappa shape index (κ3) is 7.40. The van der Waals surface area contributed by atoms with Crippen molar-refractivity contribution in [1.29, 1.82) is 0 Å². The first kappa shape index (κ1) is 24.4. The van der Waals surface area contributed by atoms with Crippen LogP contribution in [-0.2, 0) is 28.9 Å². The summed E-state index contributed by atoms with van der Waals surface area (Å²) in [7, 11) is 1.90. The van der Waals surface area contributed by atoms with E-state index in [2.05, 4.69) is 39.0 Å². The summed E-state index contributed by atoms with van der Waals surface area (Å²) in [5, 5.41) is 3.34. The predicted octanol–water partition coefficient (Wildman–Crippen LogP) is 2.87. The molecule has 0 saturated heterocycles. The maximum atomic E-state index is 11.7. The van der Waals surface area contributed by atoms with E-state index in [9.17, 15) is 8.42 Å². The van der Waals surface area contributed by atoms with E-state index in [0.29, 0.717) is 6.54 Å². The van der Waals surface area contributed by atoms with E-state index in [0.717, 1.165) is 23.6 Å². The molecule has 0 heterocycles. The fraction of sp³-hybridized carbons (Fsp3) is 0.350. The van der Waals surface area contributed by atoms with Crippen molar-refractivity contribution in [2.24, 2.45) is 4.99 Å². The first-order valence-corrected chi connectivity index (χ1v) is 10.4. The Labute approximate surface area is 185 Å². The normalized spacial score (nSPS) is 11.6. The van der Waals surface area contributed by atoms with Crippen molar-refractivity contribution in [2.45, 2.75) is 25.8 Å². The second kappa shape index (κ2) is 11.4. The lowest BCUT2D eigenvalue weighted by atomic mass is 10.1. The van der Waals surface area contributed by atoms with Crippen molar-refractivity contribution in [1.82, 2.24) is 14.9 Å². The maximum absolute atomic E-state index is 11.7. The number of hydrogen-bond donors (Lipinski definition) is 2. The van der Waals surface area contributed by atoms with E-state index in [4.69, 9.17) is 0 Å². The quantitative estimate of drug-likeness (QED) is 0.337. The topological polar surface area (TPSA) is 73.8 Å². The third-order valence-corrected chi connectivity index (χ3v) is 5.69. The molecule has 0 aliphatic rings. The van der Waals surface area contributed by atoms with Gasteiger partial charge in [-0.3, -0.25) is 4.99 Å². The summed E-state index contributed by atoms with van der Waals surface area (Å²) in [4.78, 5) is 6.42. The molecule has 2 rings (SSSR count). The molecule has 154 valence electrons. The summed E-state index contributed by atoms with van der Waals surface area (Å²) >= 11 is 0. The third-order valence-electron chi connectivity index (χ3n) is 4.35. The molecule has 0 amide bonds. The zero-order valence-electron chi connectivity index (χ0n) is 16.8. The summed E-state index contributed by atoms with van der Waals surface area (Å²) in [5.74, 6) is 0.755. The molecule has 0 spiro atoms. The minimum atomic E-state index is -3.28. The SMILES string of the molecule is CN=C(NCc1cccc(CS(=O)(=O)NC)c1)N(C)Cc1ccccc1C.I. The lowest BCUT2D eigenvalue weighted by Crippen LogP contribution is -2.38. The number of nitrogens with zero attached hydrogens (tertiary/aromatic N) is 2. The zero-order valence-corrected chi connectivity index (χ0v) is 19.9. The van der Waals surface area contributed by atoms with E-state index in [1.165, 1.54) is 18.2 Å². The van der Waals surface area contributed by atoms with E-state index >= 15 is 0 Å². The highest BCUT2D eigenvalue weighted by Gasteiger charge is 2.10. The molecule has 2 aromatic carbocycles. The summed E-state index contributed by atoms with van der Waals surface area (Å²) in [5.41, 5.74) is 4.26. The Morgan fingerprint density at radius 3 is 2.43 bits per heavy atom. The molecule has 0 radical (unpaired) electrons. The van der Waals surface area contributed by atoms with Crippen LogP contribution in [0.3, 0.4) is 0 Å². The molecule has 6 nitrogen and oxygen atoms in total. The van der Waals surface area contributed by atoms with Crippen LogP contribution in [0.25, 0.3) is 0 Å². The molecular formula is C20H29IN4O2S. The van der Waals surface area contributed by atoms with E-state index in [-0.39, 0.29) is 29.7 Å². The number of aliphatic imine (C=N–C) groups is 1. The van der Waals surface area contributed by atoms with Crippen LogP contribution in [-0.4, -0.2) is 40.4 Å². The van der Waals surface area contributed by atoms with Gasteiger partial charge in [0.1, 0.15) is 0 Å². The molecule has 0 bridgehead atoms. The van der Waals surface area contributed by atoms with Gasteiger partial charge in [-0.2, -0.15) is 0 Å². The van der Waals surface area contributed by atoms with Crippen molar-refractivity contribution in [3.8, 4) is 0 Å². The van der Waals surface area contributed by atoms with Gasteiger partial charge in [0.15, 0.2) is 5.96 Å². The van der Waals surface area contributed by atoms with Crippen molar-refractivity contribution in [2.75, 3.05) is 21.1 Å². The molecule has 0 aromatic heterocycles. The van der Waals surface area contributed by atoms with Gasteiger partial charge in [-0.25, -0.2) is 13.1 Å². The van der Waals surface area contributed by atoms with Crippen LogP contribution < -0.4 is 10.0 Å². The van der Waals surface area contributed by atoms with E-state index in [1.807, 2.05) is 43.4 Å². The van der Waals surface area contributed by atoms with Gasteiger partial charge in [0.05, 0.1) is 5.75 Å². The molecule has 8 heteroatoms. The second-order valence-corrected chi connectivity index (χ2v) is 8.39. The van der Waals surface area contributed by atoms with Crippen LogP contribution in [0.5, 0.6) is 0 Å². The number of halogens is 1. The molecule has 28 heavy (non-hydrogen) atoms. The number of benzene rings is 2. The van der Waals surface area contributed by atoms with Crippen molar-refractivity contribution in [3.63, 3.8) is 0 Å². The average molecular weight is 516 g/mol. The van der Waals surface area contributed by atoms with Crippen LogP contribution >= 0.6 is 24.0 Å². The van der Waals surface area contributed by atoms with Crippen LogP contribution in [0.15, 0.2) is 53.5 Å². The lowest BCUT2D eigenvalue weighted by Gasteiger charge is -2.23. The highest BCUT2D eigenvalue weighted by atomic mass is 127. The van der Waals surface area contributed by atoms with E-state index < -0.39 is 10.0 Å². The van der Waals surface area contributed by atoms with Gasteiger partial charge in [0.25, 0.3) is 0 Å². The first-order valence-electron chi connectivity index (χ1n) is 8.80. The minimum absolute atomic E-state index is 0. The van der Waals surface area contributed by atoms with Gasteiger partial charge in [-0.15, -0.1) is 24.0 Å². The van der Waals surface area contributed by atoms with Crippen molar-refractivity contribution >= 4 is 40.0 Å². The van der Waals surface area contributed by atoms with Crippen LogP contribution in [0.4, 0.5) is 0 Å². The molecule has 0 saturated carbocycles.